The number of sulfonamides is 1. The molecule has 10 nitrogen and oxygen atoms in total. The molecule has 0 amide bonds. The number of ether oxygens (including phenoxy) is 2. The summed E-state index contributed by atoms with van der Waals surface area (Å²) in [6.45, 7) is -0.562. The Balaban J connectivity index is 1.86. The van der Waals surface area contributed by atoms with Gasteiger partial charge in [0.25, 0.3) is 5.69 Å². The normalized spacial score (nSPS) is 10.9. The standard InChI is InChI=1S/C17H19N3O7S/c1-18-15-8-7-14(11-16(15)20(22)23)28(24,25)19-12-17(21)27-10-9-26-13-5-3-2-4-6-13/h2-8,11,18-19H,9-10,12H2,1H3. The lowest BCUT2D eigenvalue weighted by molar-refractivity contribution is -0.384. The molecule has 0 aliphatic rings. The van der Waals surface area contributed by atoms with Gasteiger partial charge in [0, 0.05) is 13.1 Å². The van der Waals surface area contributed by atoms with Crippen LogP contribution in [0.15, 0.2) is 53.4 Å². The molecule has 2 rings (SSSR count). The van der Waals surface area contributed by atoms with E-state index in [0.29, 0.717) is 5.75 Å². The number of nitro benzene ring substituents is 1. The Morgan fingerprint density at radius 3 is 2.50 bits per heavy atom. The molecule has 0 atom stereocenters. The number of benzene rings is 2. The maximum atomic E-state index is 12.2. The largest absolute Gasteiger partial charge is 0.490 e. The maximum Gasteiger partial charge on any atom is 0.321 e. The second-order valence-corrected chi connectivity index (χ2v) is 7.16. The minimum atomic E-state index is -4.12. The zero-order chi connectivity index (χ0) is 20.6. The van der Waals surface area contributed by atoms with Crippen molar-refractivity contribution in [3.05, 3.63) is 58.6 Å². The fraction of sp³-hybridized carbons (Fsp3) is 0.235. The second-order valence-electron chi connectivity index (χ2n) is 5.39. The lowest BCUT2D eigenvalue weighted by Crippen LogP contribution is -2.31. The summed E-state index contributed by atoms with van der Waals surface area (Å²) >= 11 is 0. The molecule has 0 aromatic heterocycles. The van der Waals surface area contributed by atoms with E-state index in [1.54, 1.807) is 24.3 Å². The van der Waals surface area contributed by atoms with Gasteiger partial charge in [-0.1, -0.05) is 18.2 Å². The number of carbonyl (C=O) groups excluding carboxylic acids is 1. The number of hydrogen-bond donors (Lipinski definition) is 2. The van der Waals surface area contributed by atoms with Crippen LogP contribution in [0.2, 0.25) is 0 Å². The van der Waals surface area contributed by atoms with E-state index in [9.17, 15) is 23.3 Å². The fourth-order valence-electron chi connectivity index (χ4n) is 2.16. The molecule has 2 N–H and O–H groups in total. The molecular formula is C17H19N3O7S. The van der Waals surface area contributed by atoms with Crippen molar-refractivity contribution >= 4 is 27.4 Å². The van der Waals surface area contributed by atoms with Gasteiger partial charge in [0.2, 0.25) is 10.0 Å². The average Bonchev–Trinajstić information content (AvgIpc) is 2.70. The van der Waals surface area contributed by atoms with Gasteiger partial charge in [0.05, 0.1) is 9.82 Å². The predicted molar refractivity (Wildman–Crippen MR) is 101 cm³/mol. The number of nitro groups is 1. The third-order valence-corrected chi connectivity index (χ3v) is 4.91. The van der Waals surface area contributed by atoms with Crippen LogP contribution < -0.4 is 14.8 Å². The van der Waals surface area contributed by atoms with Crippen LogP contribution >= 0.6 is 0 Å². The highest BCUT2D eigenvalue weighted by atomic mass is 32.2. The molecule has 0 bridgehead atoms. The summed E-state index contributed by atoms with van der Waals surface area (Å²) in [7, 11) is -2.65. The summed E-state index contributed by atoms with van der Waals surface area (Å²) in [4.78, 5) is 21.7. The topological polar surface area (TPSA) is 137 Å². The van der Waals surface area contributed by atoms with Gasteiger partial charge < -0.3 is 14.8 Å². The first-order valence-electron chi connectivity index (χ1n) is 8.13. The van der Waals surface area contributed by atoms with E-state index in [1.807, 2.05) is 6.07 Å². The zero-order valence-electron chi connectivity index (χ0n) is 15.0. The lowest BCUT2D eigenvalue weighted by atomic mass is 10.3. The van der Waals surface area contributed by atoms with E-state index in [2.05, 4.69) is 10.0 Å². The van der Waals surface area contributed by atoms with Crippen molar-refractivity contribution in [3.63, 3.8) is 0 Å². The smallest absolute Gasteiger partial charge is 0.321 e. The molecule has 0 unspecified atom stereocenters. The minimum Gasteiger partial charge on any atom is -0.490 e. The second kappa shape index (κ2) is 9.67. The van der Waals surface area contributed by atoms with Gasteiger partial charge in [-0.3, -0.25) is 14.9 Å². The molecular weight excluding hydrogens is 390 g/mol. The highest BCUT2D eigenvalue weighted by molar-refractivity contribution is 7.89. The van der Waals surface area contributed by atoms with Gasteiger partial charge in [-0.15, -0.1) is 0 Å². The summed E-state index contributed by atoms with van der Waals surface area (Å²) < 4.78 is 36.8. The number of esters is 1. The van der Waals surface area contributed by atoms with Crippen molar-refractivity contribution in [2.75, 3.05) is 32.1 Å². The van der Waals surface area contributed by atoms with E-state index >= 15 is 0 Å². The zero-order valence-corrected chi connectivity index (χ0v) is 15.8. The monoisotopic (exact) mass is 409 g/mol. The Hall–Kier alpha value is -3.18. The first-order chi connectivity index (χ1) is 13.3. The number of para-hydroxylation sites is 1. The van der Waals surface area contributed by atoms with Gasteiger partial charge >= 0.3 is 5.97 Å². The van der Waals surface area contributed by atoms with Crippen LogP contribution in [0.1, 0.15) is 0 Å². The van der Waals surface area contributed by atoms with Crippen molar-refractivity contribution in [1.82, 2.24) is 4.72 Å². The number of nitrogens with zero attached hydrogens (tertiary/aromatic N) is 1. The highest BCUT2D eigenvalue weighted by Gasteiger charge is 2.21. The Bertz CT molecular complexity index is 933. The number of hydrogen-bond acceptors (Lipinski definition) is 8. The Labute approximate surface area is 161 Å². The number of rotatable bonds is 10. The van der Waals surface area contributed by atoms with E-state index in [4.69, 9.17) is 9.47 Å². The van der Waals surface area contributed by atoms with Crippen molar-refractivity contribution in [3.8, 4) is 5.75 Å². The first kappa shape index (κ1) is 21.1. The third kappa shape index (κ3) is 5.93. The van der Waals surface area contributed by atoms with Crippen LogP contribution in [0.25, 0.3) is 0 Å². The molecule has 0 saturated heterocycles. The Kier molecular flexibility index (Phi) is 7.29. The molecule has 0 heterocycles. The first-order valence-corrected chi connectivity index (χ1v) is 9.61. The van der Waals surface area contributed by atoms with Crippen LogP contribution in [-0.4, -0.2) is 46.1 Å². The van der Waals surface area contributed by atoms with E-state index < -0.39 is 33.1 Å². The quantitative estimate of drug-likeness (QED) is 0.261. The molecule has 0 fully saturated rings. The van der Waals surface area contributed by atoms with Crippen molar-refractivity contribution in [2.24, 2.45) is 0 Å². The SMILES string of the molecule is CNc1ccc(S(=O)(=O)NCC(=O)OCCOc2ccccc2)cc1[N+](=O)[O-]. The van der Waals surface area contributed by atoms with Crippen molar-refractivity contribution in [2.45, 2.75) is 4.90 Å². The fourth-order valence-corrected chi connectivity index (χ4v) is 3.15. The molecule has 2 aromatic rings. The Morgan fingerprint density at radius 2 is 1.86 bits per heavy atom. The highest BCUT2D eigenvalue weighted by Crippen LogP contribution is 2.26. The van der Waals surface area contributed by atoms with Crippen molar-refractivity contribution < 1.29 is 27.6 Å². The molecule has 0 spiro atoms. The number of carbonyl (C=O) groups is 1. The molecule has 2 aromatic carbocycles. The molecule has 0 aliphatic carbocycles. The van der Waals surface area contributed by atoms with Crippen LogP contribution in [0.3, 0.4) is 0 Å². The molecule has 150 valence electrons. The van der Waals surface area contributed by atoms with Crippen LogP contribution in [0.4, 0.5) is 11.4 Å². The van der Waals surface area contributed by atoms with Crippen molar-refractivity contribution in [1.29, 1.82) is 0 Å². The summed E-state index contributed by atoms with van der Waals surface area (Å²) in [5.74, 6) is -0.188. The van der Waals surface area contributed by atoms with Gasteiger partial charge in [-0.05, 0) is 24.3 Å². The summed E-state index contributed by atoms with van der Waals surface area (Å²) in [6.07, 6.45) is 0. The number of anilines is 1. The summed E-state index contributed by atoms with van der Waals surface area (Å²) in [6, 6.07) is 12.3. The van der Waals surface area contributed by atoms with Crippen LogP contribution in [0, 0.1) is 10.1 Å². The predicted octanol–water partition coefficient (Wildman–Crippen LogP) is 1.54. The van der Waals surface area contributed by atoms with E-state index in [0.717, 1.165) is 6.07 Å². The van der Waals surface area contributed by atoms with E-state index in [1.165, 1.54) is 19.2 Å². The Morgan fingerprint density at radius 1 is 1.14 bits per heavy atom. The van der Waals surface area contributed by atoms with E-state index in [-0.39, 0.29) is 23.8 Å². The molecule has 0 radical (unpaired) electrons. The summed E-state index contributed by atoms with van der Waals surface area (Å²) in [5.41, 5.74) is -0.229. The molecule has 28 heavy (non-hydrogen) atoms. The minimum absolute atomic E-state index is 0.0577. The number of nitrogens with one attached hydrogen (secondary N) is 2. The average molecular weight is 409 g/mol. The maximum absolute atomic E-state index is 12.2. The van der Waals surface area contributed by atoms with Crippen LogP contribution in [0.5, 0.6) is 5.75 Å². The molecule has 11 heteroatoms. The van der Waals surface area contributed by atoms with Gasteiger partial charge in [-0.25, -0.2) is 8.42 Å². The molecule has 0 saturated carbocycles. The van der Waals surface area contributed by atoms with Gasteiger partial charge in [0.15, 0.2) is 0 Å². The van der Waals surface area contributed by atoms with Crippen LogP contribution in [-0.2, 0) is 19.6 Å². The van der Waals surface area contributed by atoms with Gasteiger partial charge in [-0.2, -0.15) is 4.72 Å². The summed E-state index contributed by atoms with van der Waals surface area (Å²) in [5, 5.41) is 13.6. The van der Waals surface area contributed by atoms with Gasteiger partial charge in [0.1, 0.15) is 31.2 Å². The molecule has 0 aliphatic heterocycles. The lowest BCUT2D eigenvalue weighted by Gasteiger charge is -2.09. The third-order valence-electron chi connectivity index (χ3n) is 3.51.